The smallest absolute Gasteiger partial charge is 0.187 e. The highest BCUT2D eigenvalue weighted by Crippen LogP contribution is 2.34. The molecule has 0 aliphatic carbocycles. The van der Waals surface area contributed by atoms with Crippen LogP contribution in [-0.2, 0) is 26.2 Å². The lowest BCUT2D eigenvalue weighted by atomic mass is 10.1. The summed E-state index contributed by atoms with van der Waals surface area (Å²) in [6, 6.07) is 14.7. The van der Waals surface area contributed by atoms with Crippen LogP contribution in [-0.4, -0.2) is 82.7 Å². The predicted molar refractivity (Wildman–Crippen MR) is 124 cm³/mol. The standard InChI is InChI=1S/C23H30N2O5S2/c1-18-8-9-21(30-2)22(14-18)32(28,29)23-17-31(26,27)16-20(23)25-12-10-24(11-13-25)15-19-6-4-3-5-7-19/h3-9,14,20,23H,10-13,15-17H2,1-2H3/t20-,23-/m0/s1. The maximum atomic E-state index is 13.6. The van der Waals surface area contributed by atoms with Crippen LogP contribution in [0.4, 0.5) is 0 Å². The minimum atomic E-state index is -3.90. The lowest BCUT2D eigenvalue weighted by molar-refractivity contribution is 0.101. The SMILES string of the molecule is COc1ccc(C)cc1S(=O)(=O)[C@H]1CS(=O)(=O)C[C@@H]1N1CCN(Cc2ccccc2)CC1. The predicted octanol–water partition coefficient (Wildman–Crippen LogP) is 1.76. The van der Waals surface area contributed by atoms with Crippen LogP contribution in [0.1, 0.15) is 11.1 Å². The Morgan fingerprint density at radius 3 is 2.34 bits per heavy atom. The number of sulfone groups is 2. The maximum Gasteiger partial charge on any atom is 0.187 e. The zero-order chi connectivity index (χ0) is 22.9. The summed E-state index contributed by atoms with van der Waals surface area (Å²) in [6.45, 7) is 5.47. The van der Waals surface area contributed by atoms with Crippen molar-refractivity contribution in [3.63, 3.8) is 0 Å². The molecule has 0 N–H and O–H groups in total. The van der Waals surface area contributed by atoms with Crippen LogP contribution in [0.3, 0.4) is 0 Å². The molecule has 32 heavy (non-hydrogen) atoms. The molecule has 0 bridgehead atoms. The summed E-state index contributed by atoms with van der Waals surface area (Å²) < 4.78 is 57.7. The Kier molecular flexibility index (Phi) is 6.63. The molecule has 2 saturated heterocycles. The third-order valence-electron chi connectivity index (χ3n) is 6.42. The largest absolute Gasteiger partial charge is 0.495 e. The Labute approximate surface area is 190 Å². The summed E-state index contributed by atoms with van der Waals surface area (Å²) in [5.74, 6) is -0.211. The Hall–Kier alpha value is -1.94. The van der Waals surface area contributed by atoms with Crippen LogP contribution >= 0.6 is 0 Å². The van der Waals surface area contributed by atoms with Crippen molar-refractivity contribution in [1.29, 1.82) is 0 Å². The van der Waals surface area contributed by atoms with E-state index in [9.17, 15) is 16.8 Å². The normalized spacial score (nSPS) is 24.4. The Balaban J connectivity index is 1.54. The average Bonchev–Trinajstić information content (AvgIpc) is 3.11. The first kappa shape index (κ1) is 23.2. The van der Waals surface area contributed by atoms with Gasteiger partial charge >= 0.3 is 0 Å². The van der Waals surface area contributed by atoms with Crippen molar-refractivity contribution in [2.75, 3.05) is 44.8 Å². The molecule has 2 aromatic rings. The molecule has 2 atom stereocenters. The fourth-order valence-corrected chi connectivity index (χ4v) is 9.77. The Bertz CT molecular complexity index is 1160. The van der Waals surface area contributed by atoms with E-state index in [1.807, 2.05) is 25.1 Å². The van der Waals surface area contributed by atoms with E-state index in [0.29, 0.717) is 13.1 Å². The van der Waals surface area contributed by atoms with Gasteiger partial charge in [0, 0.05) is 38.8 Å². The Morgan fingerprint density at radius 1 is 1.00 bits per heavy atom. The molecule has 9 heteroatoms. The number of nitrogens with zero attached hydrogens (tertiary/aromatic N) is 2. The van der Waals surface area contributed by atoms with Crippen molar-refractivity contribution >= 4 is 19.7 Å². The molecule has 4 rings (SSSR count). The number of benzene rings is 2. The fourth-order valence-electron chi connectivity index (χ4n) is 4.70. The summed E-state index contributed by atoms with van der Waals surface area (Å²) in [7, 11) is -5.92. The number of aryl methyl sites for hydroxylation is 1. The molecular formula is C23H30N2O5S2. The van der Waals surface area contributed by atoms with Crippen LogP contribution in [0.5, 0.6) is 5.75 Å². The number of methoxy groups -OCH3 is 1. The summed E-state index contributed by atoms with van der Waals surface area (Å²) in [5.41, 5.74) is 2.02. The van der Waals surface area contributed by atoms with Gasteiger partial charge in [0.25, 0.3) is 0 Å². The summed E-state index contributed by atoms with van der Waals surface area (Å²) in [4.78, 5) is 4.45. The lowest BCUT2D eigenvalue weighted by Gasteiger charge is -2.39. The van der Waals surface area contributed by atoms with Crippen molar-refractivity contribution in [2.45, 2.75) is 29.7 Å². The Morgan fingerprint density at radius 2 is 1.69 bits per heavy atom. The van der Waals surface area contributed by atoms with E-state index < -0.39 is 31.0 Å². The average molecular weight is 479 g/mol. The zero-order valence-electron chi connectivity index (χ0n) is 18.5. The van der Waals surface area contributed by atoms with Crippen LogP contribution in [0.2, 0.25) is 0 Å². The van der Waals surface area contributed by atoms with E-state index in [4.69, 9.17) is 4.74 Å². The molecule has 0 aromatic heterocycles. The summed E-state index contributed by atoms with van der Waals surface area (Å²) in [6.07, 6.45) is 0. The molecule has 2 heterocycles. The van der Waals surface area contributed by atoms with Crippen LogP contribution in [0.15, 0.2) is 53.4 Å². The van der Waals surface area contributed by atoms with Gasteiger partial charge in [-0.05, 0) is 30.2 Å². The maximum absolute atomic E-state index is 13.6. The zero-order valence-corrected chi connectivity index (χ0v) is 20.1. The van der Waals surface area contributed by atoms with Gasteiger partial charge in [-0.3, -0.25) is 9.80 Å². The van der Waals surface area contributed by atoms with Gasteiger partial charge < -0.3 is 4.74 Å². The summed E-state index contributed by atoms with van der Waals surface area (Å²) in [5, 5.41) is -0.996. The van der Waals surface area contributed by atoms with Gasteiger partial charge in [0.1, 0.15) is 10.6 Å². The molecule has 0 saturated carbocycles. The van der Waals surface area contributed by atoms with Gasteiger partial charge in [0.05, 0.1) is 23.9 Å². The van der Waals surface area contributed by atoms with Crippen molar-refractivity contribution in [1.82, 2.24) is 9.80 Å². The van der Waals surface area contributed by atoms with Crippen molar-refractivity contribution < 1.29 is 21.6 Å². The number of hydrogen-bond donors (Lipinski definition) is 0. The van der Waals surface area contributed by atoms with Gasteiger partial charge in [-0.15, -0.1) is 0 Å². The minimum Gasteiger partial charge on any atom is -0.495 e. The number of rotatable bonds is 6. The molecule has 0 spiro atoms. The molecule has 2 fully saturated rings. The van der Waals surface area contributed by atoms with E-state index in [0.717, 1.165) is 25.2 Å². The second-order valence-electron chi connectivity index (χ2n) is 8.68. The van der Waals surface area contributed by atoms with E-state index in [1.54, 1.807) is 18.2 Å². The molecule has 2 aromatic carbocycles. The van der Waals surface area contributed by atoms with E-state index in [-0.39, 0.29) is 22.2 Å². The first-order valence-corrected chi connectivity index (χ1v) is 14.2. The molecular weight excluding hydrogens is 448 g/mol. The van der Waals surface area contributed by atoms with Gasteiger partial charge in [0.2, 0.25) is 0 Å². The monoisotopic (exact) mass is 478 g/mol. The topological polar surface area (TPSA) is 84.0 Å². The van der Waals surface area contributed by atoms with Crippen LogP contribution in [0, 0.1) is 6.92 Å². The first-order valence-electron chi connectivity index (χ1n) is 10.8. The van der Waals surface area contributed by atoms with E-state index in [1.165, 1.54) is 12.7 Å². The lowest BCUT2D eigenvalue weighted by Crippen LogP contribution is -2.54. The summed E-state index contributed by atoms with van der Waals surface area (Å²) >= 11 is 0. The highest BCUT2D eigenvalue weighted by atomic mass is 32.2. The first-order chi connectivity index (χ1) is 15.2. The molecule has 2 aliphatic heterocycles. The van der Waals surface area contributed by atoms with E-state index >= 15 is 0 Å². The molecule has 2 aliphatic rings. The van der Waals surface area contributed by atoms with Crippen LogP contribution < -0.4 is 4.74 Å². The highest BCUT2D eigenvalue weighted by Gasteiger charge is 2.49. The molecule has 174 valence electrons. The highest BCUT2D eigenvalue weighted by molar-refractivity contribution is 7.96. The van der Waals surface area contributed by atoms with Gasteiger partial charge in [-0.25, -0.2) is 16.8 Å². The van der Waals surface area contributed by atoms with Gasteiger partial charge in [-0.2, -0.15) is 0 Å². The quantitative estimate of drug-likeness (QED) is 0.626. The second-order valence-corrected chi connectivity index (χ2v) is 13.0. The van der Waals surface area contributed by atoms with Gasteiger partial charge in [-0.1, -0.05) is 36.4 Å². The third kappa shape index (κ3) is 4.85. The molecule has 7 nitrogen and oxygen atoms in total. The fraction of sp³-hybridized carbons (Fsp3) is 0.478. The van der Waals surface area contributed by atoms with Gasteiger partial charge in [0.15, 0.2) is 19.7 Å². The molecule has 0 unspecified atom stereocenters. The second kappa shape index (κ2) is 9.13. The third-order valence-corrected chi connectivity index (χ3v) is 10.6. The van der Waals surface area contributed by atoms with Crippen molar-refractivity contribution in [3.05, 3.63) is 59.7 Å². The number of ether oxygens (including phenoxy) is 1. The number of hydrogen-bond acceptors (Lipinski definition) is 7. The van der Waals surface area contributed by atoms with Crippen molar-refractivity contribution in [3.8, 4) is 5.75 Å². The number of piperazine rings is 1. The minimum absolute atomic E-state index is 0.0785. The van der Waals surface area contributed by atoms with Crippen LogP contribution in [0.25, 0.3) is 0 Å². The van der Waals surface area contributed by atoms with Crippen molar-refractivity contribution in [2.24, 2.45) is 0 Å². The molecule has 0 amide bonds. The van der Waals surface area contributed by atoms with E-state index in [2.05, 4.69) is 21.9 Å². The molecule has 0 radical (unpaired) electrons.